The first-order valence-electron chi connectivity index (χ1n) is 12.2. The minimum Gasteiger partial charge on any atom is -0.207 e. The second-order valence-electron chi connectivity index (χ2n) is 9.35. The highest BCUT2D eigenvalue weighted by Crippen LogP contribution is 2.40. The van der Waals surface area contributed by atoms with Crippen molar-refractivity contribution in [3.05, 3.63) is 46.8 Å². The number of allylic oxidation sites excluding steroid dienone is 2. The lowest BCUT2D eigenvalue weighted by Crippen LogP contribution is -2.23. The number of rotatable bonds is 7. The maximum Gasteiger partial charge on any atom is 0.127 e. The van der Waals surface area contributed by atoms with Crippen LogP contribution in [0.15, 0.2) is 29.8 Å². The highest BCUT2D eigenvalue weighted by Gasteiger charge is 2.28. The second kappa shape index (κ2) is 11.6. The van der Waals surface area contributed by atoms with Crippen molar-refractivity contribution in [2.75, 3.05) is 0 Å². The van der Waals surface area contributed by atoms with Gasteiger partial charge in [0.25, 0.3) is 0 Å². The van der Waals surface area contributed by atoms with Gasteiger partial charge in [0, 0.05) is 5.56 Å². The summed E-state index contributed by atoms with van der Waals surface area (Å²) in [5, 5.41) is 0. The van der Waals surface area contributed by atoms with Crippen LogP contribution in [0.2, 0.25) is 0 Å². The van der Waals surface area contributed by atoms with Gasteiger partial charge in [0.1, 0.15) is 5.82 Å². The zero-order valence-corrected chi connectivity index (χ0v) is 18.6. The predicted molar refractivity (Wildman–Crippen MR) is 122 cm³/mol. The molecule has 0 radical (unpaired) electrons. The molecule has 0 aromatic heterocycles. The molecule has 1 aromatic carbocycles. The summed E-state index contributed by atoms with van der Waals surface area (Å²) in [5.41, 5.74) is 2.88. The molecule has 2 aliphatic rings. The molecule has 1 aromatic rings. The fraction of sp³-hybridized carbons (Fsp3) is 0.643. The largest absolute Gasteiger partial charge is 0.207 e. The van der Waals surface area contributed by atoms with Crippen LogP contribution in [-0.2, 0) is 6.42 Å². The molecule has 0 bridgehead atoms. The monoisotopic (exact) mass is 394 g/mol. The van der Waals surface area contributed by atoms with Crippen LogP contribution >= 0.6 is 0 Å². The molecule has 1 unspecified atom stereocenters. The average Bonchev–Trinajstić information content (AvgIpc) is 2.76. The fourth-order valence-corrected chi connectivity index (χ4v) is 5.18. The highest BCUT2D eigenvalue weighted by molar-refractivity contribution is 5.42. The lowest BCUT2D eigenvalue weighted by molar-refractivity contribution is 0.186. The fourth-order valence-electron chi connectivity index (χ4n) is 5.18. The molecule has 3 rings (SSSR count). The summed E-state index contributed by atoms with van der Waals surface area (Å²) in [4.78, 5) is 0. The van der Waals surface area contributed by atoms with Crippen LogP contribution in [0.5, 0.6) is 0 Å². The Kier molecular flexibility index (Phi) is 8.85. The van der Waals surface area contributed by atoms with E-state index in [4.69, 9.17) is 0 Å². The van der Waals surface area contributed by atoms with Gasteiger partial charge < -0.3 is 0 Å². The zero-order valence-electron chi connectivity index (χ0n) is 18.6. The van der Waals surface area contributed by atoms with Crippen molar-refractivity contribution in [3.8, 4) is 11.8 Å². The molecular formula is C28H39F. The minimum atomic E-state index is -0.0996. The maximum absolute atomic E-state index is 14.2. The molecule has 158 valence electrons. The minimum absolute atomic E-state index is 0.0996. The Hall–Kier alpha value is -1.55. The van der Waals surface area contributed by atoms with Crippen molar-refractivity contribution in [1.82, 2.24) is 0 Å². The number of unbranched alkanes of at least 4 members (excludes halogenated alkanes) is 2. The van der Waals surface area contributed by atoms with E-state index in [1.54, 1.807) is 6.07 Å². The number of halogens is 1. The van der Waals surface area contributed by atoms with Gasteiger partial charge in [-0.25, -0.2) is 4.39 Å². The Morgan fingerprint density at radius 2 is 1.72 bits per heavy atom. The topological polar surface area (TPSA) is 0 Å². The van der Waals surface area contributed by atoms with E-state index in [0.717, 1.165) is 54.6 Å². The molecule has 0 heterocycles. The Morgan fingerprint density at radius 1 is 0.931 bits per heavy atom. The highest BCUT2D eigenvalue weighted by atomic mass is 19.1. The lowest BCUT2D eigenvalue weighted by atomic mass is 9.71. The zero-order chi connectivity index (χ0) is 20.5. The summed E-state index contributed by atoms with van der Waals surface area (Å²) >= 11 is 0. The van der Waals surface area contributed by atoms with Crippen LogP contribution in [0.25, 0.3) is 0 Å². The van der Waals surface area contributed by atoms with Gasteiger partial charge in [0.05, 0.1) is 0 Å². The van der Waals surface area contributed by atoms with E-state index in [1.807, 2.05) is 12.1 Å². The van der Waals surface area contributed by atoms with Gasteiger partial charge in [-0.05, 0) is 86.0 Å². The summed E-state index contributed by atoms with van der Waals surface area (Å²) in [6, 6.07) is 5.50. The van der Waals surface area contributed by atoms with Crippen molar-refractivity contribution < 1.29 is 4.39 Å². The normalized spacial score (nSPS) is 24.5. The molecule has 0 amide bonds. The summed E-state index contributed by atoms with van der Waals surface area (Å²) in [5.74, 6) is 9.22. The van der Waals surface area contributed by atoms with Gasteiger partial charge >= 0.3 is 0 Å². The van der Waals surface area contributed by atoms with Crippen molar-refractivity contribution in [1.29, 1.82) is 0 Å². The van der Waals surface area contributed by atoms with Gasteiger partial charge in [-0.2, -0.15) is 0 Å². The molecule has 0 aliphatic heterocycles. The van der Waals surface area contributed by atoms with E-state index in [9.17, 15) is 4.39 Å². The van der Waals surface area contributed by atoms with Gasteiger partial charge in [-0.15, -0.1) is 0 Å². The Labute approximate surface area is 178 Å². The predicted octanol–water partition coefficient (Wildman–Crippen LogP) is 8.24. The van der Waals surface area contributed by atoms with E-state index >= 15 is 0 Å². The number of hydrogen-bond acceptors (Lipinski definition) is 0. The number of aryl methyl sites for hydroxylation is 1. The van der Waals surface area contributed by atoms with Crippen LogP contribution in [0.1, 0.15) is 102 Å². The van der Waals surface area contributed by atoms with Crippen LogP contribution in [-0.4, -0.2) is 0 Å². The Bertz CT molecular complexity index is 724. The summed E-state index contributed by atoms with van der Waals surface area (Å²) in [6.45, 7) is 4.44. The van der Waals surface area contributed by atoms with Crippen LogP contribution in [0, 0.1) is 35.4 Å². The molecule has 0 spiro atoms. The van der Waals surface area contributed by atoms with Crippen molar-refractivity contribution in [3.63, 3.8) is 0 Å². The molecule has 1 heteroatoms. The quantitative estimate of drug-likeness (QED) is 0.408. The first-order valence-corrected chi connectivity index (χ1v) is 12.2. The van der Waals surface area contributed by atoms with E-state index < -0.39 is 0 Å². The van der Waals surface area contributed by atoms with Crippen LogP contribution in [0.3, 0.4) is 0 Å². The van der Waals surface area contributed by atoms with Gasteiger partial charge in [0.2, 0.25) is 0 Å². The molecule has 0 saturated heterocycles. The van der Waals surface area contributed by atoms with Crippen molar-refractivity contribution in [2.45, 2.75) is 97.3 Å². The van der Waals surface area contributed by atoms with E-state index in [-0.39, 0.29) is 5.82 Å². The third kappa shape index (κ3) is 6.74. The summed E-state index contributed by atoms with van der Waals surface area (Å²) in [6.07, 6.45) is 18.9. The van der Waals surface area contributed by atoms with Gasteiger partial charge in [0.15, 0.2) is 0 Å². The molecule has 0 N–H and O–H groups in total. The van der Waals surface area contributed by atoms with E-state index in [1.165, 1.54) is 63.4 Å². The molecule has 1 fully saturated rings. The SMILES string of the molecule is CCCCc1ccc(C#CC2=CCC(C3CCC(CCCC)CC3)CC2)cc1F. The summed E-state index contributed by atoms with van der Waals surface area (Å²) < 4.78 is 14.2. The lowest BCUT2D eigenvalue weighted by Gasteiger charge is -2.35. The van der Waals surface area contributed by atoms with Gasteiger partial charge in [-0.3, -0.25) is 0 Å². The molecule has 2 aliphatic carbocycles. The first-order chi connectivity index (χ1) is 14.2. The Balaban J connectivity index is 1.49. The van der Waals surface area contributed by atoms with Crippen LogP contribution < -0.4 is 0 Å². The molecule has 1 atom stereocenters. The first kappa shape index (κ1) is 22.1. The van der Waals surface area contributed by atoms with E-state index in [0.29, 0.717) is 0 Å². The maximum atomic E-state index is 14.2. The average molecular weight is 395 g/mol. The number of hydrogen-bond donors (Lipinski definition) is 0. The number of benzene rings is 1. The van der Waals surface area contributed by atoms with E-state index in [2.05, 4.69) is 31.8 Å². The molecule has 0 nitrogen and oxygen atoms in total. The van der Waals surface area contributed by atoms with Crippen LogP contribution in [0.4, 0.5) is 4.39 Å². The van der Waals surface area contributed by atoms with Gasteiger partial charge in [-0.1, -0.05) is 76.4 Å². The standard InChI is InChI=1S/C28H39F/c1-3-5-7-22-11-16-25(17-12-22)26-18-13-23(14-19-26)9-10-24-15-20-27(8-6-4-2)28(29)21-24/h13,15,20-22,25-26H,3-8,11-12,14,16-19H2,1-2H3. The van der Waals surface area contributed by atoms with Crippen molar-refractivity contribution in [2.24, 2.45) is 17.8 Å². The van der Waals surface area contributed by atoms with Crippen molar-refractivity contribution >= 4 is 0 Å². The molecule has 1 saturated carbocycles. The third-order valence-electron chi connectivity index (χ3n) is 7.20. The third-order valence-corrected chi connectivity index (χ3v) is 7.20. The molecule has 29 heavy (non-hydrogen) atoms. The molecular weight excluding hydrogens is 355 g/mol. The summed E-state index contributed by atoms with van der Waals surface area (Å²) in [7, 11) is 0. The second-order valence-corrected chi connectivity index (χ2v) is 9.35. The smallest absolute Gasteiger partial charge is 0.127 e. The Morgan fingerprint density at radius 3 is 2.38 bits per heavy atom.